The van der Waals surface area contributed by atoms with Crippen LogP contribution in [0.15, 0.2) is 12.3 Å². The van der Waals surface area contributed by atoms with E-state index in [-0.39, 0.29) is 0 Å². The van der Waals surface area contributed by atoms with Crippen molar-refractivity contribution >= 4 is 17.5 Å². The van der Waals surface area contributed by atoms with Gasteiger partial charge >= 0.3 is 5.97 Å². The lowest BCUT2D eigenvalue weighted by atomic mass is 10.2. The van der Waals surface area contributed by atoms with Gasteiger partial charge < -0.3 is 20.7 Å². The Bertz CT molecular complexity index is 435. The molecule has 0 aromatic carbocycles. The lowest BCUT2D eigenvalue weighted by Gasteiger charge is -2.21. The lowest BCUT2D eigenvalue weighted by Crippen LogP contribution is -2.32. The fourth-order valence-corrected chi connectivity index (χ4v) is 1.43. The fraction of sp³-hybridized carbons (Fsp3) is 0.538. The van der Waals surface area contributed by atoms with Crippen LogP contribution in [-0.2, 0) is 4.74 Å². The Morgan fingerprint density at radius 1 is 1.58 bits per heavy atom. The average Bonchev–Trinajstić information content (AvgIpc) is 2.37. The topological polar surface area (TPSA) is 80.5 Å². The summed E-state index contributed by atoms with van der Waals surface area (Å²) in [6.07, 6.45) is 1.55. The highest BCUT2D eigenvalue weighted by Crippen LogP contribution is 2.20. The van der Waals surface area contributed by atoms with Crippen molar-refractivity contribution in [3.05, 3.63) is 17.8 Å². The van der Waals surface area contributed by atoms with Crippen molar-refractivity contribution in [2.45, 2.75) is 19.9 Å². The largest absolute Gasteiger partial charge is 0.462 e. The molecule has 6 nitrogen and oxygen atoms in total. The molecule has 0 aliphatic rings. The number of carbonyl (C=O) groups is 1. The van der Waals surface area contributed by atoms with E-state index < -0.39 is 5.97 Å². The predicted octanol–water partition coefficient (Wildman–Crippen LogP) is 1.20. The van der Waals surface area contributed by atoms with Crippen LogP contribution in [0, 0.1) is 0 Å². The molecule has 0 bridgehead atoms. The van der Waals surface area contributed by atoms with Gasteiger partial charge in [-0.25, -0.2) is 9.78 Å². The minimum absolute atomic E-state index is 0.320. The Kier molecular flexibility index (Phi) is 5.57. The molecule has 1 atom stereocenters. The van der Waals surface area contributed by atoms with E-state index in [2.05, 4.69) is 22.1 Å². The molecule has 106 valence electrons. The number of hydrogen-bond acceptors (Lipinski definition) is 6. The molecule has 0 amide bonds. The third-order valence-electron chi connectivity index (χ3n) is 2.93. The molecule has 0 saturated heterocycles. The second-order valence-electron chi connectivity index (χ2n) is 4.53. The molecule has 0 aliphatic heterocycles. The van der Waals surface area contributed by atoms with Gasteiger partial charge in [0.2, 0.25) is 0 Å². The Morgan fingerprint density at radius 2 is 2.26 bits per heavy atom. The quantitative estimate of drug-likeness (QED) is 0.753. The Labute approximate surface area is 113 Å². The second kappa shape index (κ2) is 6.94. The van der Waals surface area contributed by atoms with E-state index in [0.29, 0.717) is 36.3 Å². The molecule has 1 aromatic heterocycles. The minimum Gasteiger partial charge on any atom is -0.462 e. The summed E-state index contributed by atoms with van der Waals surface area (Å²) in [6, 6.07) is 1.89. The summed E-state index contributed by atoms with van der Waals surface area (Å²) in [5, 5.41) is 3.15. The van der Waals surface area contributed by atoms with Gasteiger partial charge in [0.25, 0.3) is 0 Å². The fourth-order valence-electron chi connectivity index (χ4n) is 1.43. The van der Waals surface area contributed by atoms with Gasteiger partial charge in [0.1, 0.15) is 5.82 Å². The summed E-state index contributed by atoms with van der Waals surface area (Å²) >= 11 is 0. The van der Waals surface area contributed by atoms with Crippen LogP contribution >= 0.6 is 0 Å². The zero-order chi connectivity index (χ0) is 14.4. The Morgan fingerprint density at radius 3 is 2.84 bits per heavy atom. The van der Waals surface area contributed by atoms with Crippen LogP contribution in [0.25, 0.3) is 0 Å². The number of hydrogen-bond donors (Lipinski definition) is 2. The highest BCUT2D eigenvalue weighted by molar-refractivity contribution is 5.97. The number of pyridine rings is 1. The number of anilines is 2. The maximum Gasteiger partial charge on any atom is 0.340 e. The summed E-state index contributed by atoms with van der Waals surface area (Å²) in [4.78, 5) is 17.9. The second-order valence-corrected chi connectivity index (χ2v) is 4.53. The molecule has 1 unspecified atom stereocenters. The highest BCUT2D eigenvalue weighted by atomic mass is 16.5. The molecule has 1 rings (SSSR count). The minimum atomic E-state index is -0.425. The maximum atomic E-state index is 11.7. The normalized spacial score (nSPS) is 12.3. The first kappa shape index (κ1) is 15.2. The zero-order valence-corrected chi connectivity index (χ0v) is 11.9. The number of nitrogens with one attached hydrogen (secondary N) is 1. The molecular weight excluding hydrogens is 244 g/mol. The third-order valence-corrected chi connectivity index (χ3v) is 2.93. The van der Waals surface area contributed by atoms with Crippen LogP contribution in [0.2, 0.25) is 0 Å². The number of aromatic nitrogens is 1. The summed E-state index contributed by atoms with van der Waals surface area (Å²) in [7, 11) is 4.00. The molecule has 6 heteroatoms. The number of esters is 1. The van der Waals surface area contributed by atoms with Crippen LogP contribution in [0.1, 0.15) is 24.2 Å². The molecule has 1 heterocycles. The van der Waals surface area contributed by atoms with Crippen molar-refractivity contribution in [2.24, 2.45) is 0 Å². The standard InChI is InChI=1S/C13H22N4O2/c1-5-19-13(18)10-6-7-15-12(11(10)14)16-8-9(2)17(3)4/h6-7,9H,5,8,14H2,1-4H3,(H,15,16). The first-order valence-corrected chi connectivity index (χ1v) is 6.29. The number of ether oxygens (including phenoxy) is 1. The predicted molar refractivity (Wildman–Crippen MR) is 76.2 cm³/mol. The van der Waals surface area contributed by atoms with Crippen LogP contribution in [0.5, 0.6) is 0 Å². The average molecular weight is 266 g/mol. The van der Waals surface area contributed by atoms with Crippen molar-refractivity contribution in [3.63, 3.8) is 0 Å². The summed E-state index contributed by atoms with van der Waals surface area (Å²) in [5.74, 6) is 0.0883. The molecular formula is C13H22N4O2. The summed E-state index contributed by atoms with van der Waals surface area (Å²) in [5.41, 5.74) is 6.61. The van der Waals surface area contributed by atoms with E-state index in [4.69, 9.17) is 10.5 Å². The first-order chi connectivity index (χ1) is 8.97. The SMILES string of the molecule is CCOC(=O)c1ccnc(NCC(C)N(C)C)c1N. The van der Waals surface area contributed by atoms with Gasteiger partial charge in [-0.2, -0.15) is 0 Å². The van der Waals surface area contributed by atoms with Crippen molar-refractivity contribution in [3.8, 4) is 0 Å². The maximum absolute atomic E-state index is 11.7. The lowest BCUT2D eigenvalue weighted by molar-refractivity contribution is 0.0527. The number of likely N-dealkylation sites (N-methyl/N-ethyl adjacent to an activating group) is 1. The van der Waals surface area contributed by atoms with Gasteiger partial charge in [-0.3, -0.25) is 0 Å². The molecule has 0 radical (unpaired) electrons. The Hall–Kier alpha value is -1.82. The third kappa shape index (κ3) is 4.10. The number of rotatable bonds is 6. The van der Waals surface area contributed by atoms with E-state index in [1.54, 1.807) is 19.2 Å². The van der Waals surface area contributed by atoms with Gasteiger partial charge in [-0.15, -0.1) is 0 Å². The number of nitrogens with zero attached hydrogens (tertiary/aromatic N) is 2. The molecule has 19 heavy (non-hydrogen) atoms. The number of carbonyl (C=O) groups excluding carboxylic acids is 1. The molecule has 0 spiro atoms. The molecule has 0 aliphatic carbocycles. The van der Waals surface area contributed by atoms with Crippen LogP contribution in [0.4, 0.5) is 11.5 Å². The first-order valence-electron chi connectivity index (χ1n) is 6.29. The van der Waals surface area contributed by atoms with E-state index in [1.807, 2.05) is 14.1 Å². The Balaban J connectivity index is 2.80. The molecule has 3 N–H and O–H groups in total. The summed E-state index contributed by atoms with van der Waals surface area (Å²) in [6.45, 7) is 4.85. The van der Waals surface area contributed by atoms with Crippen molar-refractivity contribution in [2.75, 3.05) is 38.3 Å². The van der Waals surface area contributed by atoms with Gasteiger partial charge in [0.05, 0.1) is 17.9 Å². The smallest absolute Gasteiger partial charge is 0.340 e. The van der Waals surface area contributed by atoms with E-state index in [1.165, 1.54) is 0 Å². The van der Waals surface area contributed by atoms with Gasteiger partial charge in [0.15, 0.2) is 0 Å². The van der Waals surface area contributed by atoms with Crippen molar-refractivity contribution in [1.82, 2.24) is 9.88 Å². The monoisotopic (exact) mass is 266 g/mol. The van der Waals surface area contributed by atoms with Crippen molar-refractivity contribution < 1.29 is 9.53 Å². The van der Waals surface area contributed by atoms with Crippen molar-refractivity contribution in [1.29, 1.82) is 0 Å². The highest BCUT2D eigenvalue weighted by Gasteiger charge is 2.15. The molecule has 0 fully saturated rings. The van der Waals surface area contributed by atoms with Crippen LogP contribution in [-0.4, -0.2) is 49.1 Å². The van der Waals surface area contributed by atoms with E-state index >= 15 is 0 Å². The van der Waals surface area contributed by atoms with E-state index in [9.17, 15) is 4.79 Å². The number of nitrogen functional groups attached to an aromatic ring is 1. The molecule has 0 saturated carbocycles. The van der Waals surface area contributed by atoms with Gasteiger partial charge in [-0.1, -0.05) is 0 Å². The van der Waals surface area contributed by atoms with Crippen LogP contribution in [0.3, 0.4) is 0 Å². The van der Waals surface area contributed by atoms with Gasteiger partial charge in [-0.05, 0) is 34.0 Å². The van der Waals surface area contributed by atoms with Gasteiger partial charge in [0, 0.05) is 18.8 Å². The summed E-state index contributed by atoms with van der Waals surface area (Å²) < 4.78 is 4.94. The molecule has 1 aromatic rings. The number of nitrogens with two attached hydrogens (primary N) is 1. The van der Waals surface area contributed by atoms with Crippen LogP contribution < -0.4 is 11.1 Å². The van der Waals surface area contributed by atoms with E-state index in [0.717, 1.165) is 0 Å². The zero-order valence-electron chi connectivity index (χ0n) is 11.9.